The Morgan fingerprint density at radius 1 is 1.29 bits per heavy atom. The molecule has 4 rings (SSSR count). The Morgan fingerprint density at radius 2 is 2.10 bits per heavy atom. The average Bonchev–Trinajstić information content (AvgIpc) is 3.32. The number of carbonyl (C=O) groups excluding carboxylic acids is 1. The van der Waals surface area contributed by atoms with E-state index in [9.17, 15) is 14.7 Å². The van der Waals surface area contributed by atoms with Crippen LogP contribution in [0.5, 0.6) is 5.88 Å². The quantitative estimate of drug-likeness (QED) is 0.589. The van der Waals surface area contributed by atoms with Crippen molar-refractivity contribution in [3.05, 3.63) is 29.8 Å². The summed E-state index contributed by atoms with van der Waals surface area (Å²) < 4.78 is 4.96. The van der Waals surface area contributed by atoms with Gasteiger partial charge in [0.2, 0.25) is 11.8 Å². The maximum absolute atomic E-state index is 12.3. The molecule has 2 amide bonds. The van der Waals surface area contributed by atoms with Gasteiger partial charge in [0.25, 0.3) is 0 Å². The van der Waals surface area contributed by atoms with Gasteiger partial charge in [0, 0.05) is 29.8 Å². The lowest BCUT2D eigenvalue weighted by Crippen LogP contribution is -2.45. The first kappa shape index (κ1) is 21.1. The monoisotopic (exact) mass is 428 g/mol. The van der Waals surface area contributed by atoms with Gasteiger partial charge >= 0.3 is 6.09 Å². The van der Waals surface area contributed by atoms with Crippen LogP contribution in [0.1, 0.15) is 56.3 Å². The molecule has 0 radical (unpaired) electrons. The Kier molecular flexibility index (Phi) is 6.06. The van der Waals surface area contributed by atoms with E-state index in [1.54, 1.807) is 4.90 Å². The number of amides is 2. The fourth-order valence-corrected chi connectivity index (χ4v) is 4.46. The van der Waals surface area contributed by atoms with E-state index < -0.39 is 6.09 Å². The van der Waals surface area contributed by atoms with Crippen LogP contribution < -0.4 is 10.1 Å². The fourth-order valence-electron chi connectivity index (χ4n) is 4.46. The maximum atomic E-state index is 12.3. The zero-order chi connectivity index (χ0) is 22.0. The zero-order valence-corrected chi connectivity index (χ0v) is 17.7. The van der Waals surface area contributed by atoms with Crippen LogP contribution in [0.2, 0.25) is 0 Å². The second kappa shape index (κ2) is 8.91. The summed E-state index contributed by atoms with van der Waals surface area (Å²) in [5, 5.41) is 19.7. The van der Waals surface area contributed by atoms with Crippen molar-refractivity contribution >= 4 is 17.8 Å². The molecule has 2 saturated carbocycles. The number of hydrogen-bond donors (Lipinski definition) is 3. The first-order chi connectivity index (χ1) is 14.9. The average molecular weight is 428 g/mol. The normalized spacial score (nSPS) is 21.5. The number of nitrogens with one attached hydrogen (secondary N) is 2. The van der Waals surface area contributed by atoms with Crippen molar-refractivity contribution in [2.75, 3.05) is 12.4 Å². The van der Waals surface area contributed by atoms with E-state index in [0.717, 1.165) is 37.8 Å². The molecule has 2 aromatic rings. The fraction of sp³-hybridized carbons (Fsp3) is 0.571. The van der Waals surface area contributed by atoms with Crippen LogP contribution in [-0.4, -0.2) is 61.4 Å². The van der Waals surface area contributed by atoms with E-state index in [0.29, 0.717) is 23.3 Å². The van der Waals surface area contributed by atoms with E-state index in [1.165, 1.54) is 19.5 Å². The molecule has 0 saturated heterocycles. The van der Waals surface area contributed by atoms with Gasteiger partial charge in [-0.05, 0) is 44.9 Å². The zero-order valence-electron chi connectivity index (χ0n) is 17.7. The molecule has 2 heterocycles. The molecule has 3 N–H and O–H groups in total. The standard InChI is InChI=1S/C21H28N6O4/c1-12(13-3-4-13)27(21(29)30)16-6-5-14(7-16)17-9-18(26-25-17)24-19(28)8-15-10-23-20(31-2)11-22-15/h9-14,16H,3-8H2,1-2H3,(H,29,30)(H2,24,25,26,28)/t12-,14?,16?/m1/s1. The van der Waals surface area contributed by atoms with Crippen LogP contribution in [0.3, 0.4) is 0 Å². The summed E-state index contributed by atoms with van der Waals surface area (Å²) in [7, 11) is 1.50. The molecule has 3 atom stereocenters. The van der Waals surface area contributed by atoms with Gasteiger partial charge in [-0.15, -0.1) is 0 Å². The predicted molar refractivity (Wildman–Crippen MR) is 112 cm³/mol. The van der Waals surface area contributed by atoms with Gasteiger partial charge < -0.3 is 20.1 Å². The molecule has 10 heteroatoms. The van der Waals surface area contributed by atoms with Crippen molar-refractivity contribution in [3.63, 3.8) is 0 Å². The number of hydrogen-bond acceptors (Lipinski definition) is 6. The number of aromatic nitrogens is 4. The first-order valence-electron chi connectivity index (χ1n) is 10.7. The molecule has 31 heavy (non-hydrogen) atoms. The summed E-state index contributed by atoms with van der Waals surface area (Å²) in [5.41, 5.74) is 1.46. The van der Waals surface area contributed by atoms with Crippen molar-refractivity contribution in [2.24, 2.45) is 5.92 Å². The smallest absolute Gasteiger partial charge is 0.407 e. The number of rotatable bonds is 8. The number of anilines is 1. The van der Waals surface area contributed by atoms with Crippen molar-refractivity contribution < 1.29 is 19.4 Å². The molecule has 0 aromatic carbocycles. The van der Waals surface area contributed by atoms with Gasteiger partial charge in [0.15, 0.2) is 5.82 Å². The Hall–Kier alpha value is -3.17. The summed E-state index contributed by atoms with van der Waals surface area (Å²) in [6, 6.07) is 1.92. The lowest BCUT2D eigenvalue weighted by Gasteiger charge is -2.32. The summed E-state index contributed by atoms with van der Waals surface area (Å²) in [6.45, 7) is 2.02. The highest BCUT2D eigenvalue weighted by molar-refractivity contribution is 5.91. The number of methoxy groups -OCH3 is 1. The van der Waals surface area contributed by atoms with E-state index in [4.69, 9.17) is 4.74 Å². The van der Waals surface area contributed by atoms with Gasteiger partial charge in [0.1, 0.15) is 0 Å². The minimum absolute atomic E-state index is 0.0214. The summed E-state index contributed by atoms with van der Waals surface area (Å²) in [5.74, 6) is 1.30. The molecule has 2 unspecified atom stereocenters. The van der Waals surface area contributed by atoms with E-state index >= 15 is 0 Å². The minimum Gasteiger partial charge on any atom is -0.480 e. The molecular weight excluding hydrogens is 400 g/mol. The topological polar surface area (TPSA) is 133 Å². The summed E-state index contributed by atoms with van der Waals surface area (Å²) >= 11 is 0. The Balaban J connectivity index is 1.33. The number of H-pyrrole nitrogens is 1. The molecule has 0 spiro atoms. The van der Waals surface area contributed by atoms with Gasteiger partial charge in [-0.25, -0.2) is 9.78 Å². The van der Waals surface area contributed by atoms with E-state index in [2.05, 4.69) is 25.5 Å². The molecule has 2 fully saturated rings. The highest BCUT2D eigenvalue weighted by Crippen LogP contribution is 2.41. The summed E-state index contributed by atoms with van der Waals surface area (Å²) in [6.07, 6.45) is 6.95. The second-order valence-corrected chi connectivity index (χ2v) is 8.42. The molecular formula is C21H28N6O4. The van der Waals surface area contributed by atoms with Gasteiger partial charge in [-0.1, -0.05) is 0 Å². The Labute approximate surface area is 180 Å². The van der Waals surface area contributed by atoms with Gasteiger partial charge in [0.05, 0.1) is 31.6 Å². The van der Waals surface area contributed by atoms with Crippen molar-refractivity contribution in [1.29, 1.82) is 0 Å². The van der Waals surface area contributed by atoms with Crippen LogP contribution in [-0.2, 0) is 11.2 Å². The molecule has 166 valence electrons. The third kappa shape index (κ3) is 4.95. The molecule has 2 aliphatic rings. The van der Waals surface area contributed by atoms with E-state index in [-0.39, 0.29) is 30.3 Å². The number of nitrogens with zero attached hydrogens (tertiary/aromatic N) is 4. The largest absolute Gasteiger partial charge is 0.480 e. The molecule has 10 nitrogen and oxygen atoms in total. The van der Waals surface area contributed by atoms with Crippen molar-refractivity contribution in [2.45, 2.75) is 63.5 Å². The van der Waals surface area contributed by atoms with Crippen LogP contribution in [0.4, 0.5) is 10.6 Å². The predicted octanol–water partition coefficient (Wildman–Crippen LogP) is 2.80. The summed E-state index contributed by atoms with van der Waals surface area (Å²) in [4.78, 5) is 34.0. The number of ether oxygens (including phenoxy) is 1. The second-order valence-electron chi connectivity index (χ2n) is 8.42. The van der Waals surface area contributed by atoms with Crippen LogP contribution in [0.15, 0.2) is 18.5 Å². The molecule has 0 aliphatic heterocycles. The Morgan fingerprint density at radius 3 is 2.74 bits per heavy atom. The van der Waals surface area contributed by atoms with Crippen molar-refractivity contribution in [3.8, 4) is 5.88 Å². The van der Waals surface area contributed by atoms with Crippen LogP contribution in [0, 0.1) is 5.92 Å². The lowest BCUT2D eigenvalue weighted by atomic mass is 10.0. The third-order valence-electron chi connectivity index (χ3n) is 6.30. The maximum Gasteiger partial charge on any atom is 0.407 e. The van der Waals surface area contributed by atoms with E-state index in [1.807, 2.05) is 13.0 Å². The lowest BCUT2D eigenvalue weighted by molar-refractivity contribution is -0.115. The van der Waals surface area contributed by atoms with Crippen molar-refractivity contribution in [1.82, 2.24) is 25.1 Å². The molecule has 2 aliphatic carbocycles. The molecule has 2 aromatic heterocycles. The molecule has 0 bridgehead atoms. The number of aromatic amines is 1. The SMILES string of the molecule is COc1cnc(CC(=O)Nc2cc(C3CCC(N(C(=O)O)[C@H](C)C4CC4)C3)[nH]n2)cn1. The van der Waals surface area contributed by atoms with Gasteiger partial charge in [-0.3, -0.25) is 14.9 Å². The van der Waals surface area contributed by atoms with Crippen LogP contribution >= 0.6 is 0 Å². The third-order valence-corrected chi connectivity index (χ3v) is 6.30. The Bertz CT molecular complexity index is 926. The minimum atomic E-state index is -0.829. The number of carbonyl (C=O) groups is 2. The number of carboxylic acid groups (broad SMARTS) is 1. The van der Waals surface area contributed by atoms with Crippen LogP contribution in [0.25, 0.3) is 0 Å². The van der Waals surface area contributed by atoms with Gasteiger partial charge in [-0.2, -0.15) is 5.10 Å². The highest BCUT2D eigenvalue weighted by atomic mass is 16.5. The highest BCUT2D eigenvalue weighted by Gasteiger charge is 2.41. The first-order valence-corrected chi connectivity index (χ1v) is 10.7.